The van der Waals surface area contributed by atoms with Crippen LogP contribution in [0.15, 0.2) is 18.3 Å². The summed E-state index contributed by atoms with van der Waals surface area (Å²) in [7, 11) is 1.31. The van der Waals surface area contributed by atoms with Gasteiger partial charge in [0.1, 0.15) is 5.69 Å². The highest BCUT2D eigenvalue weighted by Crippen LogP contribution is 2.09. The van der Waals surface area contributed by atoms with E-state index < -0.39 is 5.97 Å². The van der Waals surface area contributed by atoms with Gasteiger partial charge in [-0.1, -0.05) is 5.21 Å². The van der Waals surface area contributed by atoms with Gasteiger partial charge < -0.3 is 10.1 Å². The van der Waals surface area contributed by atoms with Crippen LogP contribution in [0.4, 0.5) is 5.69 Å². The van der Waals surface area contributed by atoms with Gasteiger partial charge in [0.2, 0.25) is 0 Å². The highest BCUT2D eigenvalue weighted by molar-refractivity contribution is 5.88. The lowest BCUT2D eigenvalue weighted by Gasteiger charge is -2.04. The van der Waals surface area contributed by atoms with Gasteiger partial charge in [-0.15, -0.1) is 10.2 Å². The number of hydrogen-bond acceptors (Lipinski definition) is 7. The van der Waals surface area contributed by atoms with Gasteiger partial charge in [-0.2, -0.15) is 5.21 Å². The predicted octanol–water partition coefficient (Wildman–Crippen LogP) is -0.00660. The van der Waals surface area contributed by atoms with Crippen molar-refractivity contribution in [2.75, 3.05) is 12.4 Å². The molecule has 88 valence electrons. The maximum absolute atomic E-state index is 11.2. The van der Waals surface area contributed by atoms with Gasteiger partial charge in [-0.05, 0) is 12.1 Å². The summed E-state index contributed by atoms with van der Waals surface area (Å²) in [5, 5.41) is 16.4. The summed E-state index contributed by atoms with van der Waals surface area (Å²) in [6.45, 7) is 0.404. The molecule has 0 aliphatic carbocycles. The fourth-order valence-corrected chi connectivity index (χ4v) is 1.20. The molecule has 0 amide bonds. The normalized spacial score (nSPS) is 9.94. The molecule has 0 aromatic carbocycles. The second-order valence-electron chi connectivity index (χ2n) is 3.10. The van der Waals surface area contributed by atoms with E-state index in [1.54, 1.807) is 12.1 Å². The van der Waals surface area contributed by atoms with E-state index in [0.717, 1.165) is 5.69 Å². The number of carbonyl (C=O) groups excluding carboxylic acids is 1. The number of hydrogen-bond donors (Lipinski definition) is 2. The monoisotopic (exact) mass is 234 g/mol. The van der Waals surface area contributed by atoms with E-state index in [1.807, 2.05) is 0 Å². The molecule has 0 saturated heterocycles. The Bertz CT molecular complexity index is 498. The topological polar surface area (TPSA) is 106 Å². The Morgan fingerprint density at radius 3 is 3.18 bits per heavy atom. The maximum Gasteiger partial charge on any atom is 0.356 e. The fourth-order valence-electron chi connectivity index (χ4n) is 1.20. The van der Waals surface area contributed by atoms with Crippen molar-refractivity contribution in [3.05, 3.63) is 29.8 Å². The average molecular weight is 234 g/mol. The molecule has 2 N–H and O–H groups in total. The molecule has 0 unspecified atom stereocenters. The summed E-state index contributed by atoms with van der Waals surface area (Å²) in [5.41, 5.74) is 0.968. The molecule has 17 heavy (non-hydrogen) atoms. The second kappa shape index (κ2) is 5.01. The molecule has 0 saturated carbocycles. The third-order valence-corrected chi connectivity index (χ3v) is 1.99. The van der Waals surface area contributed by atoms with Gasteiger partial charge in [0.25, 0.3) is 0 Å². The molecular formula is C9H10N6O2. The van der Waals surface area contributed by atoms with Crippen molar-refractivity contribution in [1.82, 2.24) is 25.6 Å². The molecular weight excluding hydrogens is 224 g/mol. The lowest BCUT2D eigenvalue weighted by molar-refractivity contribution is 0.0594. The van der Waals surface area contributed by atoms with E-state index >= 15 is 0 Å². The molecule has 2 aromatic heterocycles. The van der Waals surface area contributed by atoms with E-state index in [4.69, 9.17) is 0 Å². The summed E-state index contributed by atoms with van der Waals surface area (Å²) in [5.74, 6) is 0.0506. The maximum atomic E-state index is 11.2. The number of esters is 1. The van der Waals surface area contributed by atoms with Crippen molar-refractivity contribution in [2.45, 2.75) is 6.54 Å². The van der Waals surface area contributed by atoms with Crippen LogP contribution in [0.1, 0.15) is 16.3 Å². The van der Waals surface area contributed by atoms with Gasteiger partial charge >= 0.3 is 5.97 Å². The molecule has 8 nitrogen and oxygen atoms in total. The quantitative estimate of drug-likeness (QED) is 0.717. The summed E-state index contributed by atoms with van der Waals surface area (Å²) in [6, 6.07) is 3.32. The fraction of sp³-hybridized carbons (Fsp3) is 0.222. The number of nitrogens with zero attached hydrogens (tertiary/aromatic N) is 4. The zero-order valence-corrected chi connectivity index (χ0v) is 9.04. The molecule has 0 aliphatic rings. The Hall–Kier alpha value is -2.51. The molecule has 0 bridgehead atoms. The molecule has 0 aliphatic heterocycles. The number of rotatable bonds is 4. The van der Waals surface area contributed by atoms with Crippen molar-refractivity contribution in [3.63, 3.8) is 0 Å². The number of pyridine rings is 1. The number of tetrazole rings is 1. The first-order chi connectivity index (χ1) is 8.29. The Balaban J connectivity index is 2.03. The van der Waals surface area contributed by atoms with Crippen molar-refractivity contribution in [2.24, 2.45) is 0 Å². The first kappa shape index (κ1) is 11.0. The number of aromatic nitrogens is 5. The number of anilines is 1. The lowest BCUT2D eigenvalue weighted by atomic mass is 10.3. The first-order valence-corrected chi connectivity index (χ1v) is 4.80. The molecule has 2 heterocycles. The van der Waals surface area contributed by atoms with Crippen LogP contribution in [0, 0.1) is 0 Å². The van der Waals surface area contributed by atoms with E-state index in [1.165, 1.54) is 13.3 Å². The van der Waals surface area contributed by atoms with Gasteiger partial charge in [0, 0.05) is 11.9 Å². The molecule has 2 rings (SSSR count). The Morgan fingerprint density at radius 1 is 1.59 bits per heavy atom. The average Bonchev–Trinajstić information content (AvgIpc) is 2.89. The van der Waals surface area contributed by atoms with Gasteiger partial charge in [0.05, 0.1) is 13.7 Å². The van der Waals surface area contributed by atoms with E-state index in [9.17, 15) is 4.79 Å². The van der Waals surface area contributed by atoms with Gasteiger partial charge in [0.15, 0.2) is 5.82 Å². The highest BCUT2D eigenvalue weighted by atomic mass is 16.5. The Morgan fingerprint density at radius 2 is 2.47 bits per heavy atom. The first-order valence-electron chi connectivity index (χ1n) is 4.80. The number of nitrogens with one attached hydrogen (secondary N) is 2. The van der Waals surface area contributed by atoms with Crippen LogP contribution in [0.3, 0.4) is 0 Å². The van der Waals surface area contributed by atoms with E-state index in [-0.39, 0.29) is 5.69 Å². The second-order valence-corrected chi connectivity index (χ2v) is 3.10. The summed E-state index contributed by atoms with van der Waals surface area (Å²) in [4.78, 5) is 15.1. The summed E-state index contributed by atoms with van der Waals surface area (Å²) >= 11 is 0. The standard InChI is InChI=1S/C9H10N6O2/c1-17-9(16)7-4-6(2-3-10-7)11-5-8-12-14-15-13-8/h2-4H,5H2,1H3,(H,10,11)(H,12,13,14,15). The van der Waals surface area contributed by atoms with E-state index in [0.29, 0.717) is 12.4 Å². The Kier molecular flexibility index (Phi) is 3.24. The zero-order valence-electron chi connectivity index (χ0n) is 9.04. The van der Waals surface area contributed by atoms with Crippen LogP contribution in [-0.2, 0) is 11.3 Å². The minimum absolute atomic E-state index is 0.241. The smallest absolute Gasteiger partial charge is 0.356 e. The van der Waals surface area contributed by atoms with Crippen LogP contribution in [0.25, 0.3) is 0 Å². The number of methoxy groups -OCH3 is 1. The van der Waals surface area contributed by atoms with Crippen LogP contribution in [0.5, 0.6) is 0 Å². The van der Waals surface area contributed by atoms with Crippen LogP contribution >= 0.6 is 0 Å². The molecule has 0 fully saturated rings. The lowest BCUT2D eigenvalue weighted by Crippen LogP contribution is -2.06. The largest absolute Gasteiger partial charge is 0.464 e. The molecule has 0 spiro atoms. The third kappa shape index (κ3) is 2.74. The molecule has 0 radical (unpaired) electrons. The van der Waals surface area contributed by atoms with Crippen molar-refractivity contribution in [1.29, 1.82) is 0 Å². The summed E-state index contributed by atoms with van der Waals surface area (Å²) in [6.07, 6.45) is 1.52. The SMILES string of the molecule is COC(=O)c1cc(NCc2nn[nH]n2)ccn1. The highest BCUT2D eigenvalue weighted by Gasteiger charge is 2.07. The van der Waals surface area contributed by atoms with Gasteiger partial charge in [-0.25, -0.2) is 9.78 Å². The number of carbonyl (C=O) groups is 1. The Labute approximate surface area is 96.4 Å². The van der Waals surface area contributed by atoms with Gasteiger partial charge in [-0.3, -0.25) is 0 Å². The number of ether oxygens (including phenoxy) is 1. The zero-order chi connectivity index (χ0) is 12.1. The third-order valence-electron chi connectivity index (χ3n) is 1.99. The summed E-state index contributed by atoms with van der Waals surface area (Å²) < 4.78 is 4.57. The number of H-pyrrole nitrogens is 1. The minimum atomic E-state index is -0.479. The van der Waals surface area contributed by atoms with Crippen molar-refractivity contribution >= 4 is 11.7 Å². The van der Waals surface area contributed by atoms with Crippen LogP contribution in [-0.4, -0.2) is 38.7 Å². The van der Waals surface area contributed by atoms with Crippen molar-refractivity contribution in [3.8, 4) is 0 Å². The molecule has 8 heteroatoms. The predicted molar refractivity (Wildman–Crippen MR) is 57.1 cm³/mol. The number of aromatic amines is 1. The van der Waals surface area contributed by atoms with E-state index in [2.05, 4.69) is 35.7 Å². The van der Waals surface area contributed by atoms with Crippen LogP contribution in [0.2, 0.25) is 0 Å². The molecule has 0 atom stereocenters. The molecule has 2 aromatic rings. The van der Waals surface area contributed by atoms with Crippen molar-refractivity contribution < 1.29 is 9.53 Å². The van der Waals surface area contributed by atoms with Crippen LogP contribution < -0.4 is 5.32 Å². The minimum Gasteiger partial charge on any atom is -0.464 e.